The quantitative estimate of drug-likeness (QED) is 0.400. The van der Waals surface area contributed by atoms with Crippen LogP contribution < -0.4 is 0 Å². The fourth-order valence-corrected chi connectivity index (χ4v) is 0.991. The van der Waals surface area contributed by atoms with Crippen LogP contribution in [0.4, 0.5) is 0 Å². The van der Waals surface area contributed by atoms with E-state index in [1.54, 1.807) is 13.8 Å². The van der Waals surface area contributed by atoms with Crippen LogP contribution in [0.3, 0.4) is 0 Å². The van der Waals surface area contributed by atoms with Gasteiger partial charge in [0.1, 0.15) is 0 Å². The third-order valence-electron chi connectivity index (χ3n) is 1.72. The van der Waals surface area contributed by atoms with Gasteiger partial charge in [0.2, 0.25) is 0 Å². The molecule has 0 aliphatic heterocycles. The second kappa shape index (κ2) is 5.86. The molecule has 82 valence electrons. The van der Waals surface area contributed by atoms with Crippen molar-refractivity contribution in [2.75, 3.05) is 19.1 Å². The van der Waals surface area contributed by atoms with E-state index in [1.807, 2.05) is 0 Å². The van der Waals surface area contributed by atoms with Crippen molar-refractivity contribution in [1.82, 2.24) is 0 Å². The normalized spacial score (nSPS) is 10.9. The van der Waals surface area contributed by atoms with Gasteiger partial charge < -0.3 is 9.47 Å². The van der Waals surface area contributed by atoms with Crippen molar-refractivity contribution in [2.45, 2.75) is 20.8 Å². The van der Waals surface area contributed by atoms with Gasteiger partial charge in [-0.05, 0) is 20.8 Å². The molecule has 0 spiro atoms. The van der Waals surface area contributed by atoms with Gasteiger partial charge in [0.15, 0.2) is 5.41 Å². The number of halogens is 1. The summed E-state index contributed by atoms with van der Waals surface area (Å²) in [7, 11) is 0. The highest BCUT2D eigenvalue weighted by Gasteiger charge is 2.43. The number of esters is 2. The summed E-state index contributed by atoms with van der Waals surface area (Å²) in [6.45, 7) is 5.17. The molecule has 5 heteroatoms. The smallest absolute Gasteiger partial charge is 0.324 e. The van der Waals surface area contributed by atoms with Crippen molar-refractivity contribution in [3.05, 3.63) is 0 Å². The summed E-state index contributed by atoms with van der Waals surface area (Å²) in [6, 6.07) is 0. The number of hydrogen-bond donors (Lipinski definition) is 0. The maximum Gasteiger partial charge on any atom is 0.324 e. The fraction of sp³-hybridized carbons (Fsp3) is 0.778. The van der Waals surface area contributed by atoms with Gasteiger partial charge in [-0.1, -0.05) is 0 Å². The van der Waals surface area contributed by atoms with Crippen molar-refractivity contribution in [3.63, 3.8) is 0 Å². The van der Waals surface area contributed by atoms with Crippen molar-refractivity contribution < 1.29 is 19.1 Å². The van der Waals surface area contributed by atoms with Gasteiger partial charge >= 0.3 is 11.9 Å². The average Bonchev–Trinajstić information content (AvgIpc) is 2.17. The minimum atomic E-state index is -1.40. The summed E-state index contributed by atoms with van der Waals surface area (Å²) in [4.78, 5) is 22.8. The van der Waals surface area contributed by atoms with Crippen LogP contribution in [0.5, 0.6) is 0 Å². The topological polar surface area (TPSA) is 52.6 Å². The van der Waals surface area contributed by atoms with Crippen molar-refractivity contribution in [2.24, 2.45) is 5.41 Å². The number of ether oxygens (including phenoxy) is 2. The molecule has 0 saturated heterocycles. The number of rotatable bonds is 5. The molecule has 0 bridgehead atoms. The zero-order valence-corrected chi connectivity index (χ0v) is 9.39. The molecule has 0 aromatic rings. The Bertz CT molecular complexity index is 197. The summed E-state index contributed by atoms with van der Waals surface area (Å²) >= 11 is 5.57. The Hall–Kier alpha value is -0.770. The lowest BCUT2D eigenvalue weighted by Gasteiger charge is -2.21. The van der Waals surface area contributed by atoms with Crippen LogP contribution >= 0.6 is 11.6 Å². The van der Waals surface area contributed by atoms with Gasteiger partial charge in [-0.2, -0.15) is 0 Å². The van der Waals surface area contributed by atoms with Crippen LogP contribution in [0.25, 0.3) is 0 Å². The molecule has 0 aliphatic carbocycles. The zero-order chi connectivity index (χ0) is 11.2. The van der Waals surface area contributed by atoms with E-state index in [-0.39, 0.29) is 19.1 Å². The summed E-state index contributed by atoms with van der Waals surface area (Å²) in [5.74, 6) is -1.44. The van der Waals surface area contributed by atoms with E-state index < -0.39 is 17.4 Å². The number of alkyl halides is 1. The molecule has 4 nitrogen and oxygen atoms in total. The summed E-state index contributed by atoms with van der Waals surface area (Å²) < 4.78 is 9.48. The summed E-state index contributed by atoms with van der Waals surface area (Å²) in [5, 5.41) is 0. The molecule has 0 aromatic heterocycles. The zero-order valence-electron chi connectivity index (χ0n) is 8.63. The molecule has 0 heterocycles. The Labute approximate surface area is 88.5 Å². The van der Waals surface area contributed by atoms with Gasteiger partial charge in [0, 0.05) is 5.88 Å². The van der Waals surface area contributed by atoms with E-state index in [4.69, 9.17) is 21.1 Å². The molecule has 0 aliphatic rings. The van der Waals surface area contributed by atoms with E-state index in [1.165, 1.54) is 6.92 Å². The number of carbonyl (C=O) groups excluding carboxylic acids is 2. The highest BCUT2D eigenvalue weighted by molar-refractivity contribution is 6.22. The molecule has 0 fully saturated rings. The maximum atomic E-state index is 11.4. The van der Waals surface area contributed by atoms with Gasteiger partial charge in [-0.15, -0.1) is 11.6 Å². The first-order chi connectivity index (χ1) is 6.52. The van der Waals surface area contributed by atoms with Crippen LogP contribution in [0.2, 0.25) is 0 Å². The van der Waals surface area contributed by atoms with Crippen LogP contribution in [0, 0.1) is 5.41 Å². The molecule has 14 heavy (non-hydrogen) atoms. The molecule has 0 amide bonds. The molecule has 0 N–H and O–H groups in total. The number of carbonyl (C=O) groups is 2. The van der Waals surface area contributed by atoms with Crippen molar-refractivity contribution >= 4 is 23.5 Å². The first kappa shape index (κ1) is 13.2. The predicted octanol–water partition coefficient (Wildman–Crippen LogP) is 1.36. The predicted molar refractivity (Wildman–Crippen MR) is 52.1 cm³/mol. The van der Waals surface area contributed by atoms with Gasteiger partial charge in [-0.3, -0.25) is 9.59 Å². The Morgan fingerprint density at radius 2 is 1.50 bits per heavy atom. The second-order valence-electron chi connectivity index (χ2n) is 2.91. The Morgan fingerprint density at radius 3 is 1.71 bits per heavy atom. The fourth-order valence-electron chi connectivity index (χ4n) is 0.773. The van der Waals surface area contributed by atoms with Crippen LogP contribution in [-0.4, -0.2) is 31.0 Å². The molecule has 0 atom stereocenters. The minimum absolute atomic E-state index is 0.148. The average molecular weight is 223 g/mol. The third-order valence-corrected chi connectivity index (χ3v) is 2.25. The van der Waals surface area contributed by atoms with Gasteiger partial charge in [0.25, 0.3) is 0 Å². The lowest BCUT2D eigenvalue weighted by molar-refractivity contribution is -0.168. The molecule has 0 rings (SSSR count). The first-order valence-electron chi connectivity index (χ1n) is 4.43. The van der Waals surface area contributed by atoms with E-state index in [0.29, 0.717) is 0 Å². The maximum absolute atomic E-state index is 11.4. The largest absolute Gasteiger partial charge is 0.465 e. The van der Waals surface area contributed by atoms with E-state index >= 15 is 0 Å². The van der Waals surface area contributed by atoms with Crippen molar-refractivity contribution in [1.29, 1.82) is 0 Å². The molecule has 0 unspecified atom stereocenters. The highest BCUT2D eigenvalue weighted by atomic mass is 35.5. The minimum Gasteiger partial charge on any atom is -0.465 e. The highest BCUT2D eigenvalue weighted by Crippen LogP contribution is 2.22. The lowest BCUT2D eigenvalue weighted by atomic mass is 9.94. The van der Waals surface area contributed by atoms with E-state index in [2.05, 4.69) is 0 Å². The molecule has 0 saturated carbocycles. The summed E-state index contributed by atoms with van der Waals surface area (Å²) in [5.41, 5.74) is -1.40. The summed E-state index contributed by atoms with van der Waals surface area (Å²) in [6.07, 6.45) is 0. The second-order valence-corrected chi connectivity index (χ2v) is 3.17. The van der Waals surface area contributed by atoms with Crippen molar-refractivity contribution in [3.8, 4) is 0 Å². The third kappa shape index (κ3) is 2.87. The SMILES string of the molecule is CCOC(=O)C(C)(CCl)C(=O)OCC. The number of hydrogen-bond acceptors (Lipinski definition) is 4. The Morgan fingerprint density at radius 1 is 1.14 bits per heavy atom. The Balaban J connectivity index is 4.60. The first-order valence-corrected chi connectivity index (χ1v) is 4.96. The lowest BCUT2D eigenvalue weighted by Crippen LogP contribution is -2.41. The molecular weight excluding hydrogens is 208 g/mol. The van der Waals surface area contributed by atoms with E-state index in [9.17, 15) is 9.59 Å². The van der Waals surface area contributed by atoms with Crippen LogP contribution in [-0.2, 0) is 19.1 Å². The monoisotopic (exact) mass is 222 g/mol. The Kier molecular flexibility index (Phi) is 5.53. The molecule has 0 aromatic carbocycles. The van der Waals surface area contributed by atoms with E-state index in [0.717, 1.165) is 0 Å². The van der Waals surface area contributed by atoms with Gasteiger partial charge in [0.05, 0.1) is 13.2 Å². The standard InChI is InChI=1S/C9H15ClO4/c1-4-13-7(11)9(3,6-10)8(12)14-5-2/h4-6H2,1-3H3. The molecule has 0 radical (unpaired) electrons. The van der Waals surface area contributed by atoms with Gasteiger partial charge in [-0.25, -0.2) is 0 Å². The molecular formula is C9H15ClO4. The van der Waals surface area contributed by atoms with Crippen LogP contribution in [0.1, 0.15) is 20.8 Å². The van der Waals surface area contributed by atoms with Crippen LogP contribution in [0.15, 0.2) is 0 Å².